The molecule has 0 radical (unpaired) electrons. The quantitative estimate of drug-likeness (QED) is 0.802. The van der Waals surface area contributed by atoms with Gasteiger partial charge in [0.15, 0.2) is 0 Å². The largest absolute Gasteiger partial charge is 0.312 e. The Hall–Kier alpha value is -1.31. The SMILES string of the molecule is Cc1cccc(CCNCc2ccc(C)c(Cl)c2)c1. The van der Waals surface area contributed by atoms with E-state index in [4.69, 9.17) is 11.6 Å². The summed E-state index contributed by atoms with van der Waals surface area (Å²) in [6.45, 7) is 6.00. The van der Waals surface area contributed by atoms with Crippen molar-refractivity contribution in [1.82, 2.24) is 5.32 Å². The fraction of sp³-hybridized carbons (Fsp3) is 0.294. The van der Waals surface area contributed by atoms with Gasteiger partial charge in [0.25, 0.3) is 0 Å². The molecule has 2 aromatic carbocycles. The number of hydrogen-bond donors (Lipinski definition) is 1. The van der Waals surface area contributed by atoms with Crippen LogP contribution in [0.1, 0.15) is 22.3 Å². The molecule has 0 saturated heterocycles. The van der Waals surface area contributed by atoms with Gasteiger partial charge in [-0.05, 0) is 49.6 Å². The lowest BCUT2D eigenvalue weighted by molar-refractivity contribution is 0.686. The fourth-order valence-corrected chi connectivity index (χ4v) is 2.28. The molecule has 2 heteroatoms. The standard InChI is InChI=1S/C17H20ClN/c1-13-4-3-5-15(10-13)8-9-19-12-16-7-6-14(2)17(18)11-16/h3-7,10-11,19H,8-9,12H2,1-2H3. The van der Waals surface area contributed by atoms with Crippen molar-refractivity contribution >= 4 is 11.6 Å². The van der Waals surface area contributed by atoms with Gasteiger partial charge in [0.1, 0.15) is 0 Å². The lowest BCUT2D eigenvalue weighted by atomic mass is 10.1. The molecule has 100 valence electrons. The first-order valence-corrected chi connectivity index (χ1v) is 7.04. The maximum Gasteiger partial charge on any atom is 0.0438 e. The monoisotopic (exact) mass is 273 g/mol. The molecule has 0 aliphatic carbocycles. The second-order valence-corrected chi connectivity index (χ2v) is 5.41. The van der Waals surface area contributed by atoms with Crippen LogP contribution in [-0.2, 0) is 13.0 Å². The molecule has 0 aromatic heterocycles. The highest BCUT2D eigenvalue weighted by Crippen LogP contribution is 2.16. The summed E-state index contributed by atoms with van der Waals surface area (Å²) < 4.78 is 0. The molecule has 0 saturated carbocycles. The summed E-state index contributed by atoms with van der Waals surface area (Å²) in [4.78, 5) is 0. The third-order valence-corrected chi connectivity index (χ3v) is 3.65. The van der Waals surface area contributed by atoms with Crippen molar-refractivity contribution in [3.63, 3.8) is 0 Å². The van der Waals surface area contributed by atoms with E-state index in [9.17, 15) is 0 Å². The smallest absolute Gasteiger partial charge is 0.0438 e. The van der Waals surface area contributed by atoms with Crippen LogP contribution in [0, 0.1) is 13.8 Å². The van der Waals surface area contributed by atoms with Crippen molar-refractivity contribution in [3.05, 3.63) is 69.7 Å². The summed E-state index contributed by atoms with van der Waals surface area (Å²) in [5, 5.41) is 4.30. The molecule has 0 heterocycles. The molecule has 1 nitrogen and oxygen atoms in total. The van der Waals surface area contributed by atoms with Crippen LogP contribution in [0.5, 0.6) is 0 Å². The second-order valence-electron chi connectivity index (χ2n) is 5.00. The van der Waals surface area contributed by atoms with E-state index in [2.05, 4.69) is 48.6 Å². The second kappa shape index (κ2) is 6.74. The van der Waals surface area contributed by atoms with Crippen molar-refractivity contribution in [2.45, 2.75) is 26.8 Å². The highest BCUT2D eigenvalue weighted by molar-refractivity contribution is 6.31. The summed E-state index contributed by atoms with van der Waals surface area (Å²) in [5.74, 6) is 0. The predicted octanol–water partition coefficient (Wildman–Crippen LogP) is 4.29. The van der Waals surface area contributed by atoms with E-state index in [1.807, 2.05) is 13.0 Å². The van der Waals surface area contributed by atoms with Crippen LogP contribution in [-0.4, -0.2) is 6.54 Å². The summed E-state index contributed by atoms with van der Waals surface area (Å²) in [6.07, 6.45) is 1.06. The minimum Gasteiger partial charge on any atom is -0.312 e. The molecule has 0 aliphatic heterocycles. The molecule has 1 N–H and O–H groups in total. The van der Waals surface area contributed by atoms with Crippen LogP contribution in [0.25, 0.3) is 0 Å². The highest BCUT2D eigenvalue weighted by atomic mass is 35.5. The third-order valence-electron chi connectivity index (χ3n) is 3.24. The van der Waals surface area contributed by atoms with Gasteiger partial charge >= 0.3 is 0 Å². The van der Waals surface area contributed by atoms with E-state index in [1.165, 1.54) is 16.7 Å². The van der Waals surface area contributed by atoms with E-state index in [-0.39, 0.29) is 0 Å². The normalized spacial score (nSPS) is 10.7. The molecular formula is C17H20ClN. The van der Waals surface area contributed by atoms with Crippen LogP contribution >= 0.6 is 11.6 Å². The van der Waals surface area contributed by atoms with Crippen LogP contribution in [0.15, 0.2) is 42.5 Å². The lowest BCUT2D eigenvalue weighted by Gasteiger charge is -2.07. The van der Waals surface area contributed by atoms with Crippen molar-refractivity contribution in [2.75, 3.05) is 6.54 Å². The van der Waals surface area contributed by atoms with Crippen molar-refractivity contribution in [1.29, 1.82) is 0 Å². The molecule has 0 bridgehead atoms. The Balaban J connectivity index is 1.79. The van der Waals surface area contributed by atoms with E-state index in [0.29, 0.717) is 0 Å². The number of benzene rings is 2. The van der Waals surface area contributed by atoms with E-state index in [1.54, 1.807) is 0 Å². The summed E-state index contributed by atoms with van der Waals surface area (Å²) >= 11 is 6.11. The first-order chi connectivity index (χ1) is 9.15. The molecule has 19 heavy (non-hydrogen) atoms. The number of nitrogens with one attached hydrogen (secondary N) is 1. The Morgan fingerprint density at radius 3 is 2.58 bits per heavy atom. The van der Waals surface area contributed by atoms with Gasteiger partial charge < -0.3 is 5.32 Å². The third kappa shape index (κ3) is 4.38. The minimum atomic E-state index is 0.845. The number of halogens is 1. The highest BCUT2D eigenvalue weighted by Gasteiger charge is 1.98. The summed E-state index contributed by atoms with van der Waals surface area (Å²) in [6, 6.07) is 14.9. The summed E-state index contributed by atoms with van der Waals surface area (Å²) in [5.41, 5.74) is 5.07. The summed E-state index contributed by atoms with van der Waals surface area (Å²) in [7, 11) is 0. The Morgan fingerprint density at radius 1 is 1.00 bits per heavy atom. The topological polar surface area (TPSA) is 12.0 Å². The van der Waals surface area contributed by atoms with Gasteiger partial charge in [-0.25, -0.2) is 0 Å². The zero-order valence-corrected chi connectivity index (χ0v) is 12.3. The Bertz CT molecular complexity index is 549. The number of rotatable bonds is 5. The van der Waals surface area contributed by atoms with Gasteiger partial charge in [0.2, 0.25) is 0 Å². The van der Waals surface area contributed by atoms with Gasteiger partial charge in [0.05, 0.1) is 0 Å². The predicted molar refractivity (Wildman–Crippen MR) is 82.8 cm³/mol. The van der Waals surface area contributed by atoms with Crippen LogP contribution in [0.4, 0.5) is 0 Å². The molecule has 0 amide bonds. The molecule has 2 rings (SSSR count). The van der Waals surface area contributed by atoms with Crippen molar-refractivity contribution in [3.8, 4) is 0 Å². The van der Waals surface area contributed by atoms with Gasteiger partial charge in [-0.15, -0.1) is 0 Å². The molecule has 0 unspecified atom stereocenters. The van der Waals surface area contributed by atoms with E-state index >= 15 is 0 Å². The van der Waals surface area contributed by atoms with E-state index in [0.717, 1.165) is 30.1 Å². The lowest BCUT2D eigenvalue weighted by Crippen LogP contribution is -2.16. The van der Waals surface area contributed by atoms with Gasteiger partial charge in [-0.2, -0.15) is 0 Å². The molecule has 2 aromatic rings. The number of hydrogen-bond acceptors (Lipinski definition) is 1. The Labute approximate surface area is 120 Å². The average Bonchev–Trinajstić information content (AvgIpc) is 2.39. The molecule has 0 aliphatic rings. The van der Waals surface area contributed by atoms with Crippen molar-refractivity contribution < 1.29 is 0 Å². The molecule has 0 atom stereocenters. The van der Waals surface area contributed by atoms with Gasteiger partial charge in [0, 0.05) is 11.6 Å². The first-order valence-electron chi connectivity index (χ1n) is 6.66. The zero-order chi connectivity index (χ0) is 13.7. The first kappa shape index (κ1) is 14.1. The maximum absolute atomic E-state index is 6.11. The number of aryl methyl sites for hydroxylation is 2. The molecule has 0 fully saturated rings. The fourth-order valence-electron chi connectivity index (χ4n) is 2.08. The van der Waals surface area contributed by atoms with Crippen LogP contribution in [0.3, 0.4) is 0 Å². The van der Waals surface area contributed by atoms with Crippen molar-refractivity contribution in [2.24, 2.45) is 0 Å². The maximum atomic E-state index is 6.11. The average molecular weight is 274 g/mol. The minimum absolute atomic E-state index is 0.845. The van der Waals surface area contributed by atoms with Gasteiger partial charge in [-0.3, -0.25) is 0 Å². The Morgan fingerprint density at radius 2 is 1.84 bits per heavy atom. The molecule has 0 spiro atoms. The zero-order valence-electron chi connectivity index (χ0n) is 11.5. The van der Waals surface area contributed by atoms with Gasteiger partial charge in [-0.1, -0.05) is 53.6 Å². The van der Waals surface area contributed by atoms with Crippen LogP contribution in [0.2, 0.25) is 5.02 Å². The Kier molecular flexibility index (Phi) is 5.00. The molecular weight excluding hydrogens is 254 g/mol. The van der Waals surface area contributed by atoms with E-state index < -0.39 is 0 Å². The van der Waals surface area contributed by atoms with Crippen LogP contribution < -0.4 is 5.32 Å².